The van der Waals surface area contributed by atoms with Crippen LogP contribution >= 0.6 is 0 Å². The molecule has 8 aromatic carbocycles. The number of aromatic nitrogens is 2. The molecule has 10 aromatic rings. The maximum atomic E-state index is 6.47. The average molecular weight is 914 g/mol. The van der Waals surface area contributed by atoms with Crippen molar-refractivity contribution < 1.29 is 4.74 Å². The summed E-state index contributed by atoms with van der Waals surface area (Å²) in [5, 5.41) is 0. The topological polar surface area (TPSA) is 47.4 Å². The van der Waals surface area contributed by atoms with Crippen molar-refractivity contribution in [3.05, 3.63) is 283 Å². The lowest BCUT2D eigenvalue weighted by molar-refractivity contribution is 0.273. The summed E-state index contributed by atoms with van der Waals surface area (Å²) in [6, 6.07) is 81.2. The van der Waals surface area contributed by atoms with E-state index in [9.17, 15) is 0 Å². The molecule has 0 bridgehead atoms. The second-order valence-electron chi connectivity index (χ2n) is 18.6. The molecule has 0 fully saturated rings. The lowest BCUT2D eigenvalue weighted by atomic mass is 9.82. The first-order chi connectivity index (χ1) is 35.2. The zero-order valence-corrected chi connectivity index (χ0v) is 39.4. The summed E-state index contributed by atoms with van der Waals surface area (Å²) in [6.45, 7) is 0. The van der Waals surface area contributed by atoms with E-state index in [-0.39, 0.29) is 12.0 Å². The first-order valence-electron chi connectivity index (χ1n) is 24.7. The van der Waals surface area contributed by atoms with Crippen LogP contribution in [0, 0.1) is 0 Å². The zero-order chi connectivity index (χ0) is 47.3. The minimum absolute atomic E-state index is 0.0152. The Morgan fingerprint density at radius 3 is 1.52 bits per heavy atom. The van der Waals surface area contributed by atoms with Crippen LogP contribution < -0.4 is 4.74 Å². The van der Waals surface area contributed by atoms with Crippen LogP contribution in [-0.4, -0.2) is 21.8 Å². The predicted octanol–water partition coefficient (Wildman–Crippen LogP) is 15.9. The molecular formula is C67H51N3O. The molecule has 2 atom stereocenters. The monoisotopic (exact) mass is 913 g/mol. The summed E-state index contributed by atoms with van der Waals surface area (Å²) in [5.41, 5.74) is 22.3. The zero-order valence-electron chi connectivity index (χ0n) is 39.4. The third-order valence-electron chi connectivity index (χ3n) is 14.1. The highest BCUT2D eigenvalue weighted by Crippen LogP contribution is 2.45. The van der Waals surface area contributed by atoms with Gasteiger partial charge in [0.1, 0.15) is 11.9 Å². The van der Waals surface area contributed by atoms with Gasteiger partial charge in [-0.3, -0.25) is 15.0 Å². The van der Waals surface area contributed by atoms with Crippen LogP contribution in [0.1, 0.15) is 39.3 Å². The number of para-hydroxylation sites is 1. The van der Waals surface area contributed by atoms with Gasteiger partial charge in [-0.2, -0.15) is 0 Å². The van der Waals surface area contributed by atoms with Crippen LogP contribution in [-0.2, 0) is 25.7 Å². The standard InChI is InChI=1S/C67H51N3O/c1-2-12-50(13-3-1)51-32-34-52(35-33-51)61-45-55(67-66-60-16-6-7-19-64(60)71-65(66)38-41-70-67)36-37-59(61)58-15-5-4-14-57(58)56-43-48(22-20-46-24-28-53(29-25-46)62-17-8-10-39-68-62)42-49(44-56)23-21-47-26-30-54(31-27-47)63-18-9-11-40-69-63/h1-19,24-45,65-66H,20-23H2. The van der Waals surface area contributed by atoms with E-state index >= 15 is 0 Å². The van der Waals surface area contributed by atoms with Crippen LogP contribution in [0.4, 0.5) is 0 Å². The third kappa shape index (κ3) is 9.28. The van der Waals surface area contributed by atoms with Crippen molar-refractivity contribution in [3.8, 4) is 72.8 Å². The van der Waals surface area contributed by atoms with Gasteiger partial charge in [-0.05, 0) is 140 Å². The molecule has 340 valence electrons. The molecule has 0 N–H and O–H groups in total. The van der Waals surface area contributed by atoms with Gasteiger partial charge in [0.2, 0.25) is 0 Å². The van der Waals surface area contributed by atoms with Gasteiger partial charge in [-0.1, -0.05) is 188 Å². The fourth-order valence-corrected chi connectivity index (χ4v) is 10.4. The van der Waals surface area contributed by atoms with Crippen molar-refractivity contribution in [3.63, 3.8) is 0 Å². The van der Waals surface area contributed by atoms with Gasteiger partial charge in [-0.15, -0.1) is 0 Å². The Morgan fingerprint density at radius 1 is 0.352 bits per heavy atom. The van der Waals surface area contributed by atoms with E-state index in [4.69, 9.17) is 9.73 Å². The fraction of sp³-hybridized carbons (Fsp3) is 0.0896. The normalized spacial score (nSPS) is 14.6. The number of hydrogen-bond acceptors (Lipinski definition) is 4. The maximum Gasteiger partial charge on any atom is 0.131 e. The van der Waals surface area contributed by atoms with E-state index in [1.54, 1.807) is 0 Å². The lowest BCUT2D eigenvalue weighted by Crippen LogP contribution is -2.26. The highest BCUT2D eigenvalue weighted by molar-refractivity contribution is 6.09. The van der Waals surface area contributed by atoms with Gasteiger partial charge >= 0.3 is 0 Å². The molecule has 0 spiro atoms. The third-order valence-corrected chi connectivity index (χ3v) is 14.1. The Labute approximate surface area is 416 Å². The van der Waals surface area contributed by atoms with Crippen molar-refractivity contribution in [1.82, 2.24) is 9.97 Å². The van der Waals surface area contributed by atoms with Crippen molar-refractivity contribution in [2.24, 2.45) is 4.99 Å². The molecular weight excluding hydrogens is 863 g/mol. The Hall–Kier alpha value is -8.73. The first-order valence-corrected chi connectivity index (χ1v) is 24.7. The minimum Gasteiger partial charge on any atom is -0.485 e. The van der Waals surface area contributed by atoms with E-state index in [0.717, 1.165) is 76.3 Å². The van der Waals surface area contributed by atoms with Gasteiger partial charge < -0.3 is 4.74 Å². The number of aliphatic imine (C=N–C) groups is 1. The van der Waals surface area contributed by atoms with Crippen LogP contribution in [0.2, 0.25) is 0 Å². The molecule has 4 heteroatoms. The molecule has 12 rings (SSSR count). The van der Waals surface area contributed by atoms with Crippen LogP contribution in [0.15, 0.2) is 254 Å². The van der Waals surface area contributed by atoms with Crippen LogP contribution in [0.5, 0.6) is 5.75 Å². The fourth-order valence-electron chi connectivity index (χ4n) is 10.4. The number of rotatable bonds is 13. The Kier molecular flexibility index (Phi) is 12.1. The Balaban J connectivity index is 0.923. The molecule has 0 aliphatic carbocycles. The van der Waals surface area contributed by atoms with Gasteiger partial charge in [0, 0.05) is 35.3 Å². The molecule has 2 unspecified atom stereocenters. The average Bonchev–Trinajstić information content (AvgIpc) is 3.84. The van der Waals surface area contributed by atoms with Gasteiger partial charge in [0.25, 0.3) is 0 Å². The number of pyridine rings is 2. The molecule has 0 amide bonds. The summed E-state index contributed by atoms with van der Waals surface area (Å²) in [6.07, 6.45) is 11.3. The maximum absolute atomic E-state index is 6.47. The number of hydrogen-bond donors (Lipinski definition) is 0. The second kappa shape index (κ2) is 19.7. The SMILES string of the molecule is C1=CC2Oc3ccccc3C2C(c2ccc(-c3ccccc3-c3cc(CCc4ccc(-c5ccccn5)cc4)cc(CCc4ccc(-c5ccccn5)cc4)c3)c(-c3ccc(-c4ccccc4)cc3)c2)=N1. The number of fused-ring (bicyclic) bond motifs is 3. The molecule has 0 radical (unpaired) electrons. The molecule has 2 aromatic heterocycles. The molecule has 4 nitrogen and oxygen atoms in total. The van der Waals surface area contributed by atoms with E-state index in [1.165, 1.54) is 61.2 Å². The molecule has 0 saturated carbocycles. The van der Waals surface area contributed by atoms with E-state index < -0.39 is 0 Å². The summed E-state index contributed by atoms with van der Waals surface area (Å²) in [4.78, 5) is 14.2. The van der Waals surface area contributed by atoms with Crippen molar-refractivity contribution in [1.29, 1.82) is 0 Å². The summed E-state index contributed by atoms with van der Waals surface area (Å²) in [5.74, 6) is 0.948. The van der Waals surface area contributed by atoms with E-state index in [0.29, 0.717) is 0 Å². The Bertz CT molecular complexity index is 3420. The highest BCUT2D eigenvalue weighted by atomic mass is 16.5. The van der Waals surface area contributed by atoms with Crippen LogP contribution in [0.25, 0.3) is 67.0 Å². The minimum atomic E-state index is -0.0905. The molecule has 0 saturated heterocycles. The van der Waals surface area contributed by atoms with Crippen LogP contribution in [0.3, 0.4) is 0 Å². The molecule has 2 aliphatic heterocycles. The summed E-state index contributed by atoms with van der Waals surface area (Å²) in [7, 11) is 0. The number of benzene rings is 8. The summed E-state index contributed by atoms with van der Waals surface area (Å²) < 4.78 is 6.47. The van der Waals surface area contributed by atoms with Crippen molar-refractivity contribution >= 4 is 5.71 Å². The quantitative estimate of drug-likeness (QED) is 0.116. The number of ether oxygens (including phenoxy) is 1. The number of aryl methyl sites for hydroxylation is 4. The van der Waals surface area contributed by atoms with Crippen molar-refractivity contribution in [2.45, 2.75) is 37.7 Å². The first kappa shape index (κ1) is 43.5. The van der Waals surface area contributed by atoms with Gasteiger partial charge in [0.05, 0.1) is 23.0 Å². The largest absolute Gasteiger partial charge is 0.485 e. The predicted molar refractivity (Wildman–Crippen MR) is 292 cm³/mol. The van der Waals surface area contributed by atoms with Gasteiger partial charge in [-0.25, -0.2) is 0 Å². The lowest BCUT2D eigenvalue weighted by Gasteiger charge is -2.23. The van der Waals surface area contributed by atoms with E-state index in [1.807, 2.05) is 48.9 Å². The number of nitrogens with zero attached hydrogens (tertiary/aromatic N) is 3. The molecule has 4 heterocycles. The second-order valence-corrected chi connectivity index (χ2v) is 18.6. The van der Waals surface area contributed by atoms with E-state index in [2.05, 4.69) is 210 Å². The summed E-state index contributed by atoms with van der Waals surface area (Å²) >= 11 is 0. The highest BCUT2D eigenvalue weighted by Gasteiger charge is 2.38. The molecule has 71 heavy (non-hydrogen) atoms. The van der Waals surface area contributed by atoms with Crippen molar-refractivity contribution in [2.75, 3.05) is 0 Å². The molecule has 2 aliphatic rings. The Morgan fingerprint density at radius 2 is 0.873 bits per heavy atom. The van der Waals surface area contributed by atoms with Gasteiger partial charge in [0.15, 0.2) is 0 Å². The smallest absolute Gasteiger partial charge is 0.131 e.